The van der Waals surface area contributed by atoms with Gasteiger partial charge >= 0.3 is 5.97 Å². The first-order chi connectivity index (χ1) is 9.26. The SMILES string of the molecule is CCCC(CC(=O)O)NS(=O)(=O)c1ccc(Br)cc1F. The average Bonchev–Trinajstić information content (AvgIpc) is 2.26. The van der Waals surface area contributed by atoms with Crippen LogP contribution >= 0.6 is 15.9 Å². The monoisotopic (exact) mass is 367 g/mol. The third-order valence-corrected chi connectivity index (χ3v) is 4.61. The highest BCUT2D eigenvalue weighted by Gasteiger charge is 2.24. The molecule has 2 N–H and O–H groups in total. The van der Waals surface area contributed by atoms with E-state index >= 15 is 0 Å². The summed E-state index contributed by atoms with van der Waals surface area (Å²) < 4.78 is 40.5. The minimum absolute atomic E-state index is 0.342. The maximum absolute atomic E-state index is 13.7. The Bertz CT molecular complexity index is 591. The van der Waals surface area contributed by atoms with Gasteiger partial charge in [-0.1, -0.05) is 29.3 Å². The summed E-state index contributed by atoms with van der Waals surface area (Å²) in [5, 5.41) is 8.75. The van der Waals surface area contributed by atoms with Crippen LogP contribution in [0.2, 0.25) is 0 Å². The lowest BCUT2D eigenvalue weighted by molar-refractivity contribution is -0.137. The van der Waals surface area contributed by atoms with Crippen LogP contribution in [0.1, 0.15) is 26.2 Å². The van der Waals surface area contributed by atoms with Crippen molar-refractivity contribution in [1.82, 2.24) is 4.72 Å². The average molecular weight is 368 g/mol. The third-order valence-electron chi connectivity index (χ3n) is 2.56. The molecule has 0 spiro atoms. The Morgan fingerprint density at radius 2 is 2.15 bits per heavy atom. The normalized spacial score (nSPS) is 13.2. The van der Waals surface area contributed by atoms with Gasteiger partial charge in [0.1, 0.15) is 10.7 Å². The topological polar surface area (TPSA) is 83.5 Å². The lowest BCUT2D eigenvalue weighted by Gasteiger charge is -2.16. The quantitative estimate of drug-likeness (QED) is 0.775. The van der Waals surface area contributed by atoms with Crippen molar-refractivity contribution in [3.8, 4) is 0 Å². The van der Waals surface area contributed by atoms with E-state index in [4.69, 9.17) is 5.11 Å². The summed E-state index contributed by atoms with van der Waals surface area (Å²) in [6.45, 7) is 1.81. The van der Waals surface area contributed by atoms with Crippen molar-refractivity contribution in [2.24, 2.45) is 0 Å². The number of aliphatic carboxylic acids is 1. The van der Waals surface area contributed by atoms with Gasteiger partial charge in [0.25, 0.3) is 0 Å². The molecular formula is C12H15BrFNO4S. The molecule has 1 aromatic rings. The van der Waals surface area contributed by atoms with Crippen molar-refractivity contribution in [1.29, 1.82) is 0 Å². The number of sulfonamides is 1. The lowest BCUT2D eigenvalue weighted by Crippen LogP contribution is -2.36. The molecule has 0 aliphatic carbocycles. The second kappa shape index (κ2) is 7.14. The first-order valence-corrected chi connectivity index (χ1v) is 8.23. The molecule has 8 heteroatoms. The predicted octanol–water partition coefficient (Wildman–Crippen LogP) is 2.51. The van der Waals surface area contributed by atoms with Gasteiger partial charge in [-0.25, -0.2) is 17.5 Å². The molecule has 0 aromatic heterocycles. The van der Waals surface area contributed by atoms with E-state index in [-0.39, 0.29) is 6.42 Å². The Labute approximate surface area is 125 Å². The first-order valence-electron chi connectivity index (χ1n) is 5.95. The molecule has 0 fully saturated rings. The van der Waals surface area contributed by atoms with Crippen LogP contribution in [0.5, 0.6) is 0 Å². The van der Waals surface area contributed by atoms with Crippen LogP contribution in [0, 0.1) is 5.82 Å². The fourth-order valence-electron chi connectivity index (χ4n) is 1.74. The summed E-state index contributed by atoms with van der Waals surface area (Å²) in [6.07, 6.45) is 0.637. The van der Waals surface area contributed by atoms with Gasteiger partial charge in [0.2, 0.25) is 10.0 Å². The van der Waals surface area contributed by atoms with Crippen molar-refractivity contribution in [3.05, 3.63) is 28.5 Å². The number of carboxylic acids is 1. The first kappa shape index (κ1) is 17.1. The number of benzene rings is 1. The maximum Gasteiger partial charge on any atom is 0.304 e. The summed E-state index contributed by atoms with van der Waals surface area (Å²) in [5.41, 5.74) is 0. The predicted molar refractivity (Wildman–Crippen MR) is 75.4 cm³/mol. The van der Waals surface area contributed by atoms with Gasteiger partial charge in [0, 0.05) is 10.5 Å². The Kier molecular flexibility index (Phi) is 6.09. The number of halogens is 2. The molecule has 0 radical (unpaired) electrons. The van der Waals surface area contributed by atoms with Crippen LogP contribution in [-0.2, 0) is 14.8 Å². The van der Waals surface area contributed by atoms with Crippen molar-refractivity contribution >= 4 is 31.9 Å². The van der Waals surface area contributed by atoms with Gasteiger partial charge in [0.15, 0.2) is 0 Å². The Balaban J connectivity index is 2.99. The number of nitrogens with one attached hydrogen (secondary N) is 1. The highest BCUT2D eigenvalue weighted by molar-refractivity contribution is 9.10. The summed E-state index contributed by atoms with van der Waals surface area (Å²) in [5.74, 6) is -2.00. The Hall–Kier alpha value is -0.990. The van der Waals surface area contributed by atoms with Crippen molar-refractivity contribution in [2.45, 2.75) is 37.1 Å². The van der Waals surface area contributed by atoms with Crippen LogP contribution in [0.3, 0.4) is 0 Å². The molecule has 1 atom stereocenters. The van der Waals surface area contributed by atoms with Crippen LogP contribution in [0.15, 0.2) is 27.6 Å². The van der Waals surface area contributed by atoms with Crippen molar-refractivity contribution in [3.63, 3.8) is 0 Å². The number of carboxylic acid groups (broad SMARTS) is 1. The molecule has 112 valence electrons. The van der Waals surface area contributed by atoms with E-state index in [1.54, 1.807) is 0 Å². The molecule has 1 unspecified atom stereocenters. The second-order valence-corrected chi connectivity index (χ2v) is 6.88. The number of rotatable bonds is 7. The highest BCUT2D eigenvalue weighted by atomic mass is 79.9. The van der Waals surface area contributed by atoms with Gasteiger partial charge < -0.3 is 5.11 Å². The number of carbonyl (C=O) groups is 1. The summed E-state index contributed by atoms with van der Waals surface area (Å²) >= 11 is 3.04. The number of hydrogen-bond acceptors (Lipinski definition) is 3. The summed E-state index contributed by atoms with van der Waals surface area (Å²) in [6, 6.07) is 2.82. The zero-order chi connectivity index (χ0) is 15.3. The van der Waals surface area contributed by atoms with Crippen LogP contribution in [0.4, 0.5) is 4.39 Å². The van der Waals surface area contributed by atoms with Gasteiger partial charge in [-0.05, 0) is 24.6 Å². The van der Waals surface area contributed by atoms with E-state index in [1.807, 2.05) is 6.92 Å². The molecule has 0 saturated heterocycles. The molecule has 20 heavy (non-hydrogen) atoms. The molecular weight excluding hydrogens is 353 g/mol. The van der Waals surface area contributed by atoms with Gasteiger partial charge in [0.05, 0.1) is 6.42 Å². The van der Waals surface area contributed by atoms with Gasteiger partial charge in [-0.15, -0.1) is 0 Å². The van der Waals surface area contributed by atoms with Crippen molar-refractivity contribution in [2.75, 3.05) is 0 Å². The third kappa shape index (κ3) is 4.84. The molecule has 0 aliphatic rings. The van der Waals surface area contributed by atoms with Gasteiger partial charge in [-0.3, -0.25) is 4.79 Å². The van der Waals surface area contributed by atoms with E-state index < -0.39 is 32.7 Å². The minimum Gasteiger partial charge on any atom is -0.481 e. The smallest absolute Gasteiger partial charge is 0.304 e. The highest BCUT2D eigenvalue weighted by Crippen LogP contribution is 2.20. The molecule has 0 bridgehead atoms. The minimum atomic E-state index is -4.08. The molecule has 0 aliphatic heterocycles. The molecule has 0 heterocycles. The fourth-order valence-corrected chi connectivity index (χ4v) is 3.40. The zero-order valence-corrected chi connectivity index (χ0v) is 13.2. The van der Waals surface area contributed by atoms with Crippen molar-refractivity contribution < 1.29 is 22.7 Å². The van der Waals surface area contributed by atoms with Crippen LogP contribution < -0.4 is 4.72 Å². The Morgan fingerprint density at radius 1 is 1.50 bits per heavy atom. The molecule has 1 aromatic carbocycles. The van der Waals surface area contributed by atoms with Crippen LogP contribution in [0.25, 0.3) is 0 Å². The molecule has 0 saturated carbocycles. The Morgan fingerprint density at radius 3 is 2.65 bits per heavy atom. The maximum atomic E-state index is 13.7. The van der Waals surface area contributed by atoms with Crippen LogP contribution in [-0.4, -0.2) is 25.5 Å². The summed E-state index contributed by atoms with van der Waals surface area (Å²) in [4.78, 5) is 10.2. The standard InChI is InChI=1S/C12H15BrFNO4S/c1-2-3-9(7-12(16)17)15-20(18,19)11-5-4-8(13)6-10(11)14/h4-6,9,15H,2-3,7H2,1H3,(H,16,17). The van der Waals surface area contributed by atoms with E-state index in [0.717, 1.165) is 12.1 Å². The molecule has 5 nitrogen and oxygen atoms in total. The van der Waals surface area contributed by atoms with E-state index in [1.165, 1.54) is 6.07 Å². The molecule has 0 amide bonds. The zero-order valence-electron chi connectivity index (χ0n) is 10.8. The fraction of sp³-hybridized carbons (Fsp3) is 0.417. The van der Waals surface area contributed by atoms with Gasteiger partial charge in [-0.2, -0.15) is 0 Å². The second-order valence-electron chi connectivity index (χ2n) is 4.28. The van der Waals surface area contributed by atoms with E-state index in [2.05, 4.69) is 20.7 Å². The summed E-state index contributed by atoms with van der Waals surface area (Å²) in [7, 11) is -4.08. The van der Waals surface area contributed by atoms with E-state index in [0.29, 0.717) is 17.3 Å². The largest absolute Gasteiger partial charge is 0.481 e. The van der Waals surface area contributed by atoms with E-state index in [9.17, 15) is 17.6 Å². The number of hydrogen-bond donors (Lipinski definition) is 2. The lowest BCUT2D eigenvalue weighted by atomic mass is 10.1. The molecule has 1 rings (SSSR count).